The van der Waals surface area contributed by atoms with Crippen LogP contribution in [-0.4, -0.2) is 53.9 Å². The molecule has 0 aromatic heterocycles. The van der Waals surface area contributed by atoms with Gasteiger partial charge >= 0.3 is 0 Å². The summed E-state index contributed by atoms with van der Waals surface area (Å²) in [4.78, 5) is 27.5. The lowest BCUT2D eigenvalue weighted by molar-refractivity contribution is -0.143. The number of ether oxygens (including phenoxy) is 1. The molecule has 1 saturated heterocycles. The first-order valence-corrected chi connectivity index (χ1v) is 8.50. The Morgan fingerprint density at radius 3 is 2.21 bits per heavy atom. The van der Waals surface area contributed by atoms with Crippen molar-refractivity contribution in [1.82, 2.24) is 9.80 Å². The van der Waals surface area contributed by atoms with Crippen molar-refractivity contribution in [2.45, 2.75) is 46.1 Å². The predicted molar refractivity (Wildman–Crippen MR) is 94.1 cm³/mol. The lowest BCUT2D eigenvalue weighted by Crippen LogP contribution is -2.52. The molecule has 0 bridgehead atoms. The molecule has 1 aromatic rings. The Kier molecular flexibility index (Phi) is 5.52. The summed E-state index contributed by atoms with van der Waals surface area (Å²) in [5.74, 6) is 0.746. The number of rotatable bonds is 3. The van der Waals surface area contributed by atoms with E-state index in [1.807, 2.05) is 18.2 Å². The van der Waals surface area contributed by atoms with E-state index in [-0.39, 0.29) is 17.2 Å². The van der Waals surface area contributed by atoms with Crippen LogP contribution in [0.2, 0.25) is 0 Å². The molecular formula is C19H28N2O3. The maximum atomic E-state index is 12.6. The van der Waals surface area contributed by atoms with Crippen molar-refractivity contribution < 1.29 is 14.3 Å². The van der Waals surface area contributed by atoms with Crippen LogP contribution in [0.25, 0.3) is 0 Å². The zero-order chi connectivity index (χ0) is 17.9. The number of carbonyl (C=O) groups excluding carboxylic acids is 2. The van der Waals surface area contributed by atoms with Crippen LogP contribution in [0.3, 0.4) is 0 Å². The first kappa shape index (κ1) is 18.3. The second-order valence-corrected chi connectivity index (χ2v) is 7.37. The van der Waals surface area contributed by atoms with Gasteiger partial charge in [-0.1, -0.05) is 32.9 Å². The highest BCUT2D eigenvalue weighted by Gasteiger charge is 2.27. The Morgan fingerprint density at radius 2 is 1.67 bits per heavy atom. The largest absolute Gasteiger partial charge is 0.481 e. The normalized spacial score (nSPS) is 16.7. The van der Waals surface area contributed by atoms with Gasteiger partial charge in [0, 0.05) is 33.1 Å². The Bertz CT molecular complexity index is 599. The van der Waals surface area contributed by atoms with Crippen molar-refractivity contribution in [2.75, 3.05) is 26.2 Å². The monoisotopic (exact) mass is 332 g/mol. The fraction of sp³-hybridized carbons (Fsp3) is 0.579. The van der Waals surface area contributed by atoms with Gasteiger partial charge < -0.3 is 14.5 Å². The van der Waals surface area contributed by atoms with Crippen LogP contribution in [0.1, 0.15) is 40.2 Å². The molecule has 1 aliphatic heterocycles. The number of benzene rings is 1. The average Bonchev–Trinajstić information content (AvgIpc) is 2.53. The van der Waals surface area contributed by atoms with Gasteiger partial charge in [0.25, 0.3) is 5.91 Å². The molecule has 1 unspecified atom stereocenters. The molecular weight excluding hydrogens is 304 g/mol. The summed E-state index contributed by atoms with van der Waals surface area (Å²) in [6.45, 7) is 12.1. The summed E-state index contributed by atoms with van der Waals surface area (Å²) in [6, 6.07) is 7.91. The first-order valence-electron chi connectivity index (χ1n) is 8.50. The lowest BCUT2D eigenvalue weighted by atomic mass is 9.87. The van der Waals surface area contributed by atoms with Crippen LogP contribution < -0.4 is 4.74 Å². The van der Waals surface area contributed by atoms with Crippen molar-refractivity contribution in [3.05, 3.63) is 29.8 Å². The second-order valence-electron chi connectivity index (χ2n) is 7.37. The minimum Gasteiger partial charge on any atom is -0.481 e. The summed E-state index contributed by atoms with van der Waals surface area (Å²) < 4.78 is 5.87. The third-order valence-corrected chi connectivity index (χ3v) is 4.40. The van der Waals surface area contributed by atoms with E-state index in [9.17, 15) is 9.59 Å². The molecule has 1 heterocycles. The predicted octanol–water partition coefficient (Wildman–Crippen LogP) is 2.44. The van der Waals surface area contributed by atoms with Crippen molar-refractivity contribution >= 4 is 11.8 Å². The van der Waals surface area contributed by atoms with Crippen LogP contribution in [0.4, 0.5) is 0 Å². The number of hydrogen-bond donors (Lipinski definition) is 0. The first-order chi connectivity index (χ1) is 11.2. The fourth-order valence-corrected chi connectivity index (χ4v) is 2.79. The van der Waals surface area contributed by atoms with E-state index in [1.54, 1.807) is 23.6 Å². The van der Waals surface area contributed by atoms with Crippen molar-refractivity contribution in [2.24, 2.45) is 0 Å². The topological polar surface area (TPSA) is 49.9 Å². The molecule has 1 aromatic carbocycles. The van der Waals surface area contributed by atoms with E-state index < -0.39 is 6.10 Å². The van der Waals surface area contributed by atoms with Crippen LogP contribution in [-0.2, 0) is 15.0 Å². The van der Waals surface area contributed by atoms with Gasteiger partial charge in [0.05, 0.1) is 0 Å². The molecule has 1 fully saturated rings. The minimum absolute atomic E-state index is 0.0284. The van der Waals surface area contributed by atoms with Gasteiger partial charge in [0.2, 0.25) is 5.91 Å². The van der Waals surface area contributed by atoms with E-state index in [4.69, 9.17) is 4.74 Å². The van der Waals surface area contributed by atoms with E-state index >= 15 is 0 Å². The Hall–Kier alpha value is -2.04. The van der Waals surface area contributed by atoms with Gasteiger partial charge in [0.1, 0.15) is 5.75 Å². The van der Waals surface area contributed by atoms with Gasteiger partial charge in [-0.05, 0) is 30.0 Å². The molecule has 0 spiro atoms. The molecule has 0 saturated carbocycles. The summed E-state index contributed by atoms with van der Waals surface area (Å²) >= 11 is 0. The molecule has 24 heavy (non-hydrogen) atoms. The molecule has 1 atom stereocenters. The summed E-state index contributed by atoms with van der Waals surface area (Å²) in [5.41, 5.74) is 1.21. The quantitative estimate of drug-likeness (QED) is 0.854. The summed E-state index contributed by atoms with van der Waals surface area (Å²) in [5, 5.41) is 0. The maximum absolute atomic E-state index is 12.6. The molecule has 5 nitrogen and oxygen atoms in total. The third kappa shape index (κ3) is 4.49. The number of piperazine rings is 1. The number of hydrogen-bond acceptors (Lipinski definition) is 3. The molecule has 0 aliphatic carbocycles. The van der Waals surface area contributed by atoms with E-state index in [1.165, 1.54) is 5.56 Å². The fourth-order valence-electron chi connectivity index (χ4n) is 2.79. The highest BCUT2D eigenvalue weighted by atomic mass is 16.5. The Morgan fingerprint density at radius 1 is 1.08 bits per heavy atom. The highest BCUT2D eigenvalue weighted by Crippen LogP contribution is 2.26. The Labute approximate surface area is 144 Å². The van der Waals surface area contributed by atoms with Gasteiger partial charge in [-0.3, -0.25) is 9.59 Å². The number of carbonyl (C=O) groups is 2. The molecule has 5 heteroatoms. The molecule has 0 radical (unpaired) electrons. The number of amides is 2. The number of nitrogens with zero attached hydrogens (tertiary/aromatic N) is 2. The summed E-state index contributed by atoms with van der Waals surface area (Å²) in [7, 11) is 0. The van der Waals surface area contributed by atoms with Crippen LogP contribution in [0.5, 0.6) is 5.75 Å². The van der Waals surface area contributed by atoms with Crippen molar-refractivity contribution in [3.63, 3.8) is 0 Å². The highest BCUT2D eigenvalue weighted by molar-refractivity contribution is 5.81. The van der Waals surface area contributed by atoms with E-state index in [0.717, 1.165) is 0 Å². The smallest absolute Gasteiger partial charge is 0.263 e. The van der Waals surface area contributed by atoms with Crippen molar-refractivity contribution in [1.29, 1.82) is 0 Å². The summed E-state index contributed by atoms with van der Waals surface area (Å²) in [6.07, 6.45) is -0.538. The zero-order valence-electron chi connectivity index (χ0n) is 15.3. The van der Waals surface area contributed by atoms with E-state index in [0.29, 0.717) is 31.9 Å². The third-order valence-electron chi connectivity index (χ3n) is 4.40. The maximum Gasteiger partial charge on any atom is 0.263 e. The lowest BCUT2D eigenvalue weighted by Gasteiger charge is -2.35. The van der Waals surface area contributed by atoms with Gasteiger partial charge in [-0.15, -0.1) is 0 Å². The molecule has 1 aliphatic rings. The molecule has 2 amide bonds. The minimum atomic E-state index is -0.538. The van der Waals surface area contributed by atoms with Crippen LogP contribution >= 0.6 is 0 Å². The zero-order valence-corrected chi connectivity index (χ0v) is 15.3. The van der Waals surface area contributed by atoms with Crippen molar-refractivity contribution in [3.8, 4) is 5.75 Å². The second kappa shape index (κ2) is 7.24. The standard InChI is InChI=1S/C19H28N2O3/c1-14(18(23)21-11-9-20(10-12-21)15(2)22)24-17-8-6-7-16(13-17)19(3,4)5/h6-8,13-14H,9-12H2,1-5H3. The van der Waals surface area contributed by atoms with Crippen LogP contribution in [0, 0.1) is 0 Å². The SMILES string of the molecule is CC(=O)N1CCN(C(=O)C(C)Oc2cccc(C(C)(C)C)c2)CC1. The van der Waals surface area contributed by atoms with Gasteiger partial charge in [-0.2, -0.15) is 0 Å². The Balaban J connectivity index is 1.96. The molecule has 132 valence electrons. The molecule has 2 rings (SSSR count). The average molecular weight is 332 g/mol. The van der Waals surface area contributed by atoms with Gasteiger partial charge in [-0.25, -0.2) is 0 Å². The van der Waals surface area contributed by atoms with Gasteiger partial charge in [0.15, 0.2) is 6.10 Å². The van der Waals surface area contributed by atoms with Crippen LogP contribution in [0.15, 0.2) is 24.3 Å². The molecule has 0 N–H and O–H groups in total. The van der Waals surface area contributed by atoms with E-state index in [2.05, 4.69) is 26.8 Å².